The van der Waals surface area contributed by atoms with Crippen LogP contribution in [0.3, 0.4) is 0 Å². The molecule has 0 atom stereocenters. The van der Waals surface area contributed by atoms with Crippen molar-refractivity contribution in [2.45, 2.75) is 13.8 Å². The fraction of sp³-hybridized carbons (Fsp3) is 0.182. The van der Waals surface area contributed by atoms with Crippen molar-refractivity contribution in [3.8, 4) is 5.69 Å². The van der Waals surface area contributed by atoms with Gasteiger partial charge in [0.2, 0.25) is 0 Å². The Morgan fingerprint density at radius 3 is 2.71 bits per heavy atom. The van der Waals surface area contributed by atoms with Crippen LogP contribution >= 0.6 is 11.6 Å². The highest BCUT2D eigenvalue weighted by molar-refractivity contribution is 6.30. The van der Waals surface area contributed by atoms with Crippen molar-refractivity contribution >= 4 is 17.5 Å². The molecule has 0 bridgehead atoms. The molecular formula is C11H11ClN4O. The summed E-state index contributed by atoms with van der Waals surface area (Å²) in [5.74, 6) is -0.589. The van der Waals surface area contributed by atoms with Crippen molar-refractivity contribution in [2.75, 3.05) is 0 Å². The molecule has 5 nitrogen and oxygen atoms in total. The zero-order valence-electron chi connectivity index (χ0n) is 9.44. The van der Waals surface area contributed by atoms with Crippen LogP contribution < -0.4 is 5.73 Å². The molecule has 0 unspecified atom stereocenters. The fourth-order valence-corrected chi connectivity index (χ4v) is 1.76. The van der Waals surface area contributed by atoms with Gasteiger partial charge in [-0.05, 0) is 31.5 Å². The topological polar surface area (TPSA) is 73.8 Å². The summed E-state index contributed by atoms with van der Waals surface area (Å²) >= 11 is 5.94. The summed E-state index contributed by atoms with van der Waals surface area (Å²) in [5.41, 5.74) is 7.74. The lowest BCUT2D eigenvalue weighted by Gasteiger charge is -2.07. The van der Waals surface area contributed by atoms with E-state index in [1.54, 1.807) is 23.7 Å². The van der Waals surface area contributed by atoms with Crippen LogP contribution in [-0.2, 0) is 0 Å². The van der Waals surface area contributed by atoms with Gasteiger partial charge >= 0.3 is 0 Å². The Bertz CT molecular complexity index is 591. The van der Waals surface area contributed by atoms with Crippen LogP contribution in [0.25, 0.3) is 5.69 Å². The minimum Gasteiger partial charge on any atom is -0.364 e. The van der Waals surface area contributed by atoms with Crippen LogP contribution in [0.5, 0.6) is 0 Å². The van der Waals surface area contributed by atoms with Crippen molar-refractivity contribution < 1.29 is 4.79 Å². The van der Waals surface area contributed by atoms with Gasteiger partial charge in [-0.1, -0.05) is 22.9 Å². The van der Waals surface area contributed by atoms with Gasteiger partial charge in [0, 0.05) is 5.02 Å². The van der Waals surface area contributed by atoms with Crippen LogP contribution in [0, 0.1) is 13.8 Å². The van der Waals surface area contributed by atoms with E-state index in [1.165, 1.54) is 0 Å². The van der Waals surface area contributed by atoms with E-state index < -0.39 is 5.91 Å². The number of rotatable bonds is 2. The van der Waals surface area contributed by atoms with E-state index in [9.17, 15) is 4.79 Å². The number of halogens is 1. The molecule has 88 valence electrons. The first-order chi connectivity index (χ1) is 8.00. The van der Waals surface area contributed by atoms with Crippen LogP contribution in [0.2, 0.25) is 5.02 Å². The van der Waals surface area contributed by atoms with Gasteiger partial charge in [0.1, 0.15) is 0 Å². The van der Waals surface area contributed by atoms with Crippen LogP contribution in [0.1, 0.15) is 21.7 Å². The number of benzene rings is 1. The van der Waals surface area contributed by atoms with E-state index in [0.717, 1.165) is 11.3 Å². The maximum Gasteiger partial charge on any atom is 0.271 e. The second kappa shape index (κ2) is 4.18. The van der Waals surface area contributed by atoms with Crippen molar-refractivity contribution in [1.29, 1.82) is 0 Å². The van der Waals surface area contributed by atoms with Crippen LogP contribution in [0.15, 0.2) is 18.2 Å². The number of carbonyl (C=O) groups is 1. The number of hydrogen-bond donors (Lipinski definition) is 1. The summed E-state index contributed by atoms with van der Waals surface area (Å²) in [6, 6.07) is 5.44. The average molecular weight is 251 g/mol. The van der Waals surface area contributed by atoms with Gasteiger partial charge in [-0.15, -0.1) is 5.10 Å². The smallest absolute Gasteiger partial charge is 0.271 e. The number of hydrogen-bond acceptors (Lipinski definition) is 3. The predicted molar refractivity (Wildman–Crippen MR) is 64.4 cm³/mol. The molecule has 0 fully saturated rings. The van der Waals surface area contributed by atoms with E-state index in [-0.39, 0.29) is 5.69 Å². The van der Waals surface area contributed by atoms with E-state index in [0.29, 0.717) is 10.7 Å². The molecule has 2 N–H and O–H groups in total. The Balaban J connectivity index is 2.61. The Kier molecular flexibility index (Phi) is 2.85. The van der Waals surface area contributed by atoms with E-state index in [1.807, 2.05) is 13.0 Å². The zero-order valence-corrected chi connectivity index (χ0v) is 10.2. The molecule has 0 aliphatic rings. The molecule has 0 saturated carbocycles. The number of aromatic nitrogens is 3. The van der Waals surface area contributed by atoms with E-state index >= 15 is 0 Å². The second-order valence-corrected chi connectivity index (χ2v) is 4.17. The summed E-state index contributed by atoms with van der Waals surface area (Å²) in [5, 5.41) is 8.27. The number of amides is 1. The standard InChI is InChI=1S/C11H11ClN4O/c1-6-3-4-8(12)5-9(6)16-7(2)10(11(13)17)14-15-16/h3-5H,1-2H3,(H2,13,17). The first kappa shape index (κ1) is 11.6. The summed E-state index contributed by atoms with van der Waals surface area (Å²) in [6.45, 7) is 3.66. The highest BCUT2D eigenvalue weighted by Crippen LogP contribution is 2.20. The first-order valence-corrected chi connectivity index (χ1v) is 5.37. The lowest BCUT2D eigenvalue weighted by Crippen LogP contribution is -2.13. The number of primary amides is 1. The first-order valence-electron chi connectivity index (χ1n) is 4.99. The highest BCUT2D eigenvalue weighted by atomic mass is 35.5. The summed E-state index contributed by atoms with van der Waals surface area (Å²) in [7, 11) is 0. The zero-order chi connectivity index (χ0) is 12.6. The largest absolute Gasteiger partial charge is 0.364 e. The predicted octanol–water partition coefficient (Wildman–Crippen LogP) is 1.64. The fourth-order valence-electron chi connectivity index (χ4n) is 1.60. The van der Waals surface area contributed by atoms with E-state index in [4.69, 9.17) is 17.3 Å². The Labute approximate surface area is 103 Å². The number of carbonyl (C=O) groups excluding carboxylic acids is 1. The van der Waals surface area contributed by atoms with Gasteiger partial charge in [0.05, 0.1) is 11.4 Å². The Morgan fingerprint density at radius 2 is 2.12 bits per heavy atom. The maximum absolute atomic E-state index is 11.1. The molecule has 1 aromatic carbocycles. The molecule has 1 aromatic heterocycles. The third-order valence-corrected chi connectivity index (χ3v) is 2.76. The summed E-state index contributed by atoms with van der Waals surface area (Å²) in [4.78, 5) is 11.1. The molecular weight excluding hydrogens is 240 g/mol. The van der Waals surface area contributed by atoms with Gasteiger partial charge in [-0.25, -0.2) is 4.68 Å². The molecule has 0 radical (unpaired) electrons. The second-order valence-electron chi connectivity index (χ2n) is 3.73. The molecule has 6 heteroatoms. The molecule has 2 aromatic rings. The lowest BCUT2D eigenvalue weighted by molar-refractivity contribution is 0.0995. The Morgan fingerprint density at radius 1 is 1.41 bits per heavy atom. The molecule has 0 saturated heterocycles. The Hall–Kier alpha value is -1.88. The van der Waals surface area contributed by atoms with Gasteiger partial charge in [-0.2, -0.15) is 0 Å². The highest BCUT2D eigenvalue weighted by Gasteiger charge is 2.15. The molecule has 0 spiro atoms. The monoisotopic (exact) mass is 250 g/mol. The van der Waals surface area contributed by atoms with Crippen LogP contribution in [0.4, 0.5) is 0 Å². The SMILES string of the molecule is Cc1ccc(Cl)cc1-n1nnc(C(N)=O)c1C. The maximum atomic E-state index is 11.1. The summed E-state index contributed by atoms with van der Waals surface area (Å²) < 4.78 is 1.56. The van der Waals surface area contributed by atoms with Crippen LogP contribution in [-0.4, -0.2) is 20.9 Å². The van der Waals surface area contributed by atoms with Gasteiger partial charge in [-0.3, -0.25) is 4.79 Å². The number of aryl methyl sites for hydroxylation is 1. The van der Waals surface area contributed by atoms with Crippen molar-refractivity contribution in [2.24, 2.45) is 5.73 Å². The minimum atomic E-state index is -0.589. The molecule has 0 aliphatic carbocycles. The van der Waals surface area contributed by atoms with Gasteiger partial charge in [0.25, 0.3) is 5.91 Å². The van der Waals surface area contributed by atoms with Gasteiger partial charge in [0.15, 0.2) is 5.69 Å². The molecule has 1 amide bonds. The number of nitrogens with zero attached hydrogens (tertiary/aromatic N) is 3. The third-order valence-electron chi connectivity index (χ3n) is 2.53. The minimum absolute atomic E-state index is 0.171. The quantitative estimate of drug-likeness (QED) is 0.880. The van der Waals surface area contributed by atoms with Crippen molar-refractivity contribution in [3.63, 3.8) is 0 Å². The third kappa shape index (κ3) is 2.01. The molecule has 1 heterocycles. The van der Waals surface area contributed by atoms with Crippen molar-refractivity contribution in [3.05, 3.63) is 40.2 Å². The van der Waals surface area contributed by atoms with Crippen molar-refractivity contribution in [1.82, 2.24) is 15.0 Å². The number of nitrogens with two attached hydrogens (primary N) is 1. The summed E-state index contributed by atoms with van der Waals surface area (Å²) in [6.07, 6.45) is 0. The average Bonchev–Trinajstić information content (AvgIpc) is 2.64. The molecule has 17 heavy (non-hydrogen) atoms. The van der Waals surface area contributed by atoms with Gasteiger partial charge < -0.3 is 5.73 Å². The normalized spacial score (nSPS) is 10.5. The molecule has 0 aliphatic heterocycles. The lowest BCUT2D eigenvalue weighted by atomic mass is 10.2. The molecule has 2 rings (SSSR count). The van der Waals surface area contributed by atoms with E-state index in [2.05, 4.69) is 10.3 Å².